The van der Waals surface area contributed by atoms with Gasteiger partial charge >= 0.3 is 0 Å². The van der Waals surface area contributed by atoms with Gasteiger partial charge < -0.3 is 15.5 Å². The predicted octanol–water partition coefficient (Wildman–Crippen LogP) is 3.17. The highest BCUT2D eigenvalue weighted by molar-refractivity contribution is 7.11. The summed E-state index contributed by atoms with van der Waals surface area (Å²) in [6, 6.07) is 1.39. The summed E-state index contributed by atoms with van der Waals surface area (Å²) in [5.74, 6) is 0.907. The van der Waals surface area contributed by atoms with Crippen LogP contribution in [-0.2, 0) is 13.0 Å². The number of nitrogens with zero attached hydrogens (tertiary/aromatic N) is 3. The van der Waals surface area contributed by atoms with Crippen LogP contribution in [0.15, 0.2) is 11.2 Å². The van der Waals surface area contributed by atoms with Crippen molar-refractivity contribution in [3.05, 3.63) is 16.1 Å². The standard InChI is InChI=1S/C19H33N5S/c1-3-17-13-21-18(25-17)14-22-19(20-2)23-15-9-11-24(12-10-15)16-7-5-4-6-8-16/h13,15-16H,3-12,14H2,1-2H3,(H2,20,22,23). The minimum absolute atomic E-state index is 0.536. The molecule has 25 heavy (non-hydrogen) atoms. The largest absolute Gasteiger partial charge is 0.354 e. The first-order valence-corrected chi connectivity index (χ1v) is 10.7. The SMILES string of the molecule is CCc1cnc(CNC(=NC)NC2CCN(C3CCCCC3)CC2)s1. The molecule has 2 heterocycles. The number of nitrogens with one attached hydrogen (secondary N) is 2. The first-order chi connectivity index (χ1) is 12.3. The van der Waals surface area contributed by atoms with Crippen molar-refractivity contribution in [2.75, 3.05) is 20.1 Å². The van der Waals surface area contributed by atoms with E-state index in [4.69, 9.17) is 0 Å². The summed E-state index contributed by atoms with van der Waals surface area (Å²) < 4.78 is 0. The van der Waals surface area contributed by atoms with Crippen LogP contribution in [0.2, 0.25) is 0 Å². The summed E-state index contributed by atoms with van der Waals surface area (Å²) in [6.07, 6.45) is 12.6. The number of piperidine rings is 1. The molecule has 1 aromatic rings. The summed E-state index contributed by atoms with van der Waals surface area (Å²) in [7, 11) is 1.85. The van der Waals surface area contributed by atoms with Gasteiger partial charge in [0.15, 0.2) is 5.96 Å². The molecule has 3 rings (SSSR count). The lowest BCUT2D eigenvalue weighted by atomic mass is 9.92. The summed E-state index contributed by atoms with van der Waals surface area (Å²) in [5.41, 5.74) is 0. The minimum atomic E-state index is 0.536. The molecule has 0 radical (unpaired) electrons. The van der Waals surface area contributed by atoms with E-state index in [2.05, 4.69) is 32.4 Å². The quantitative estimate of drug-likeness (QED) is 0.623. The number of thiazole rings is 1. The Morgan fingerprint density at radius 2 is 2.00 bits per heavy atom. The van der Waals surface area contributed by atoms with Gasteiger partial charge in [-0.25, -0.2) is 4.98 Å². The van der Waals surface area contributed by atoms with Crippen LogP contribution >= 0.6 is 11.3 Å². The molecule has 1 saturated carbocycles. The van der Waals surface area contributed by atoms with E-state index in [-0.39, 0.29) is 0 Å². The van der Waals surface area contributed by atoms with E-state index in [9.17, 15) is 0 Å². The zero-order chi connectivity index (χ0) is 17.5. The lowest BCUT2D eigenvalue weighted by Gasteiger charge is -2.39. The van der Waals surface area contributed by atoms with Crippen molar-refractivity contribution >= 4 is 17.3 Å². The van der Waals surface area contributed by atoms with Crippen LogP contribution in [-0.4, -0.2) is 48.1 Å². The van der Waals surface area contributed by atoms with Gasteiger partial charge in [0.05, 0.1) is 6.54 Å². The molecule has 2 N–H and O–H groups in total. The van der Waals surface area contributed by atoms with Crippen LogP contribution in [0.5, 0.6) is 0 Å². The van der Waals surface area contributed by atoms with Gasteiger partial charge in [0.25, 0.3) is 0 Å². The van der Waals surface area contributed by atoms with Crippen molar-refractivity contribution in [3.63, 3.8) is 0 Å². The van der Waals surface area contributed by atoms with E-state index >= 15 is 0 Å². The van der Waals surface area contributed by atoms with Gasteiger partial charge in [-0.15, -0.1) is 11.3 Å². The minimum Gasteiger partial charge on any atom is -0.354 e. The van der Waals surface area contributed by atoms with Crippen molar-refractivity contribution in [1.82, 2.24) is 20.5 Å². The van der Waals surface area contributed by atoms with Crippen LogP contribution in [0.3, 0.4) is 0 Å². The van der Waals surface area contributed by atoms with Gasteiger partial charge in [-0.05, 0) is 32.1 Å². The molecule has 2 fully saturated rings. The molecular weight excluding hydrogens is 330 g/mol. The van der Waals surface area contributed by atoms with Crippen LogP contribution < -0.4 is 10.6 Å². The number of aromatic nitrogens is 1. The molecule has 140 valence electrons. The molecule has 6 heteroatoms. The Hall–Kier alpha value is -1.14. The Bertz CT molecular complexity index is 542. The number of likely N-dealkylation sites (tertiary alicyclic amines) is 1. The van der Waals surface area contributed by atoms with Crippen molar-refractivity contribution in [3.8, 4) is 0 Å². The van der Waals surface area contributed by atoms with Crippen molar-refractivity contribution in [2.45, 2.75) is 76.9 Å². The van der Waals surface area contributed by atoms with E-state index < -0.39 is 0 Å². The van der Waals surface area contributed by atoms with Gasteiger partial charge in [-0.2, -0.15) is 0 Å². The topological polar surface area (TPSA) is 52.6 Å². The number of rotatable bonds is 5. The maximum atomic E-state index is 4.47. The Kier molecular flexibility index (Phi) is 7.11. The number of hydrogen-bond acceptors (Lipinski definition) is 4. The number of hydrogen-bond donors (Lipinski definition) is 2. The fraction of sp³-hybridized carbons (Fsp3) is 0.789. The Balaban J connectivity index is 1.40. The molecule has 0 bridgehead atoms. The van der Waals surface area contributed by atoms with E-state index in [1.165, 1.54) is 62.9 Å². The summed E-state index contributed by atoms with van der Waals surface area (Å²) in [5, 5.41) is 8.16. The molecule has 0 aromatic carbocycles. The Morgan fingerprint density at radius 3 is 2.64 bits per heavy atom. The molecule has 5 nitrogen and oxygen atoms in total. The molecular formula is C19H33N5S. The predicted molar refractivity (Wildman–Crippen MR) is 106 cm³/mol. The zero-order valence-corrected chi connectivity index (χ0v) is 16.6. The van der Waals surface area contributed by atoms with Gasteiger partial charge in [-0.3, -0.25) is 4.99 Å². The van der Waals surface area contributed by atoms with Crippen LogP contribution in [0.25, 0.3) is 0 Å². The fourth-order valence-electron chi connectivity index (χ4n) is 4.00. The molecule has 0 atom stereocenters. The molecule has 0 spiro atoms. The second kappa shape index (κ2) is 9.53. The molecule has 2 aliphatic rings. The molecule has 1 aromatic heterocycles. The molecule has 0 amide bonds. The van der Waals surface area contributed by atoms with Gasteiger partial charge in [0, 0.05) is 43.3 Å². The third-order valence-corrected chi connectivity index (χ3v) is 6.68. The Morgan fingerprint density at radius 1 is 1.24 bits per heavy atom. The molecule has 0 unspecified atom stereocenters. The van der Waals surface area contributed by atoms with Gasteiger partial charge in [-0.1, -0.05) is 26.2 Å². The van der Waals surface area contributed by atoms with Crippen LogP contribution in [0.1, 0.15) is 61.8 Å². The highest BCUT2D eigenvalue weighted by atomic mass is 32.1. The summed E-state index contributed by atoms with van der Waals surface area (Å²) in [4.78, 5) is 12.9. The van der Waals surface area contributed by atoms with Gasteiger partial charge in [0.2, 0.25) is 0 Å². The molecule has 1 aliphatic carbocycles. The van der Waals surface area contributed by atoms with Crippen molar-refractivity contribution < 1.29 is 0 Å². The lowest BCUT2D eigenvalue weighted by molar-refractivity contribution is 0.119. The average molecular weight is 364 g/mol. The second-order valence-electron chi connectivity index (χ2n) is 7.25. The van der Waals surface area contributed by atoms with Crippen LogP contribution in [0.4, 0.5) is 0 Å². The first kappa shape index (κ1) is 18.6. The second-order valence-corrected chi connectivity index (χ2v) is 8.45. The van der Waals surface area contributed by atoms with Crippen LogP contribution in [0, 0.1) is 0 Å². The number of guanidine groups is 1. The lowest BCUT2D eigenvalue weighted by Crippen LogP contribution is -2.50. The summed E-state index contributed by atoms with van der Waals surface area (Å²) >= 11 is 1.78. The number of aliphatic imine (C=N–C) groups is 1. The molecule has 1 saturated heterocycles. The van der Waals surface area contributed by atoms with E-state index in [1.807, 2.05) is 13.2 Å². The highest BCUT2D eigenvalue weighted by Crippen LogP contribution is 2.25. The monoisotopic (exact) mass is 363 g/mol. The smallest absolute Gasteiger partial charge is 0.191 e. The van der Waals surface area contributed by atoms with Crippen molar-refractivity contribution in [1.29, 1.82) is 0 Å². The van der Waals surface area contributed by atoms with E-state index in [0.29, 0.717) is 6.04 Å². The normalized spacial score (nSPS) is 21.4. The third-order valence-electron chi connectivity index (χ3n) is 5.54. The van der Waals surface area contributed by atoms with E-state index in [0.717, 1.165) is 30.0 Å². The first-order valence-electron chi connectivity index (χ1n) is 9.93. The number of aryl methyl sites for hydroxylation is 1. The fourth-order valence-corrected chi connectivity index (χ4v) is 4.80. The third kappa shape index (κ3) is 5.42. The van der Waals surface area contributed by atoms with Crippen molar-refractivity contribution in [2.24, 2.45) is 4.99 Å². The van der Waals surface area contributed by atoms with Gasteiger partial charge in [0.1, 0.15) is 5.01 Å². The maximum absolute atomic E-state index is 4.47. The average Bonchev–Trinajstić information content (AvgIpc) is 3.14. The maximum Gasteiger partial charge on any atom is 0.191 e. The zero-order valence-electron chi connectivity index (χ0n) is 15.8. The molecule has 1 aliphatic heterocycles. The van der Waals surface area contributed by atoms with E-state index in [1.54, 1.807) is 11.3 Å². The summed E-state index contributed by atoms with van der Waals surface area (Å²) in [6.45, 7) is 5.38. The Labute approximate surface area is 156 Å². The highest BCUT2D eigenvalue weighted by Gasteiger charge is 2.26.